The topological polar surface area (TPSA) is 51.2 Å². The maximum atomic E-state index is 15.3. The van der Waals surface area contributed by atoms with Crippen LogP contribution in [-0.2, 0) is 4.57 Å². The molecule has 0 fully saturated rings. The van der Waals surface area contributed by atoms with E-state index >= 15 is 4.57 Å². The molecule has 0 aliphatic rings. The average molecular weight is 551 g/mol. The van der Waals surface area contributed by atoms with Crippen LogP contribution in [0.25, 0.3) is 20.2 Å². The molecule has 0 aliphatic carbocycles. The van der Waals surface area contributed by atoms with E-state index in [2.05, 4.69) is 0 Å². The first kappa shape index (κ1) is 24.9. The molecule has 180 valence electrons. The van der Waals surface area contributed by atoms with Gasteiger partial charge in [-0.3, -0.25) is 9.59 Å². The fourth-order valence-electron chi connectivity index (χ4n) is 4.86. The third kappa shape index (κ3) is 3.84. The van der Waals surface area contributed by atoms with E-state index in [0.29, 0.717) is 21.0 Å². The summed E-state index contributed by atoms with van der Waals surface area (Å²) >= 11 is 14.7. The minimum atomic E-state index is -4.14. The highest BCUT2D eigenvalue weighted by Gasteiger charge is 2.42. The largest absolute Gasteiger partial charge is 0.305 e. The van der Waals surface area contributed by atoms with E-state index in [1.165, 1.54) is 17.4 Å². The molecule has 1 unspecified atom stereocenters. The van der Waals surface area contributed by atoms with Crippen LogP contribution in [0.3, 0.4) is 0 Å². The summed E-state index contributed by atoms with van der Waals surface area (Å²) in [6.45, 7) is 5.61. The first-order valence-electron chi connectivity index (χ1n) is 11.3. The molecule has 1 aromatic heterocycles. The predicted molar refractivity (Wildman–Crippen MR) is 154 cm³/mol. The molecule has 0 saturated carbocycles. The van der Waals surface area contributed by atoms with Gasteiger partial charge in [-0.2, -0.15) is 0 Å². The van der Waals surface area contributed by atoms with Crippen molar-refractivity contribution in [2.75, 3.05) is 0 Å². The lowest BCUT2D eigenvalue weighted by molar-refractivity contribution is 0.107. The Hall–Kier alpha value is -2.75. The number of fused-ring (bicyclic) bond motifs is 2. The quantitative estimate of drug-likeness (QED) is 0.169. The number of benzene rings is 4. The highest BCUT2D eigenvalue weighted by molar-refractivity contribution is 7.94. The standard InChI is InChI=1S/C29H21Cl2O3PS/c1-16-13-17(2)24(18(3)14-16)29(33)35(34,19-9-5-4-6-10-19)27-21(30)15-22(31)28-25(27)26(32)20-11-7-8-12-23(20)36-28/h4-15H,1-3H3. The Balaban J connectivity index is 1.98. The maximum absolute atomic E-state index is 15.3. The van der Waals surface area contributed by atoms with Gasteiger partial charge in [0.15, 0.2) is 5.43 Å². The molecule has 1 heterocycles. The van der Waals surface area contributed by atoms with Crippen molar-refractivity contribution in [1.82, 2.24) is 0 Å². The maximum Gasteiger partial charge on any atom is 0.230 e. The van der Waals surface area contributed by atoms with E-state index in [0.717, 1.165) is 21.4 Å². The first-order valence-corrected chi connectivity index (χ1v) is 14.5. The van der Waals surface area contributed by atoms with Gasteiger partial charge >= 0.3 is 0 Å². The van der Waals surface area contributed by atoms with E-state index in [-0.39, 0.29) is 26.2 Å². The normalized spacial score (nSPS) is 13.1. The van der Waals surface area contributed by atoms with Gasteiger partial charge in [-0.25, -0.2) is 0 Å². The van der Waals surface area contributed by atoms with Gasteiger partial charge in [-0.05, 0) is 50.1 Å². The third-order valence-electron chi connectivity index (χ3n) is 6.34. The zero-order valence-corrected chi connectivity index (χ0v) is 23.0. The fourth-order valence-corrected chi connectivity index (χ4v) is 9.81. The Morgan fingerprint density at radius 2 is 1.44 bits per heavy atom. The molecule has 0 radical (unpaired) electrons. The Kier molecular flexibility index (Phi) is 6.43. The van der Waals surface area contributed by atoms with Crippen molar-refractivity contribution in [2.45, 2.75) is 20.8 Å². The highest BCUT2D eigenvalue weighted by atomic mass is 35.5. The Morgan fingerprint density at radius 3 is 2.11 bits per heavy atom. The Morgan fingerprint density at radius 1 is 0.833 bits per heavy atom. The van der Waals surface area contributed by atoms with E-state index < -0.39 is 12.7 Å². The monoisotopic (exact) mass is 550 g/mol. The van der Waals surface area contributed by atoms with Gasteiger partial charge in [0.25, 0.3) is 0 Å². The Labute approximate surface area is 222 Å². The van der Waals surface area contributed by atoms with E-state index in [4.69, 9.17) is 23.2 Å². The fraction of sp³-hybridized carbons (Fsp3) is 0.103. The summed E-state index contributed by atoms with van der Waals surface area (Å²) in [6, 6.07) is 21.0. The second-order valence-electron chi connectivity index (χ2n) is 8.84. The van der Waals surface area contributed by atoms with Crippen LogP contribution < -0.4 is 16.0 Å². The molecule has 5 rings (SSSR count). The van der Waals surface area contributed by atoms with Gasteiger partial charge in [-0.15, -0.1) is 11.3 Å². The van der Waals surface area contributed by atoms with Crippen LogP contribution in [0.2, 0.25) is 10.0 Å². The lowest BCUT2D eigenvalue weighted by Gasteiger charge is -2.23. The van der Waals surface area contributed by atoms with Gasteiger partial charge in [0, 0.05) is 21.0 Å². The van der Waals surface area contributed by atoms with E-state index in [9.17, 15) is 9.59 Å². The molecule has 7 heteroatoms. The molecule has 0 spiro atoms. The van der Waals surface area contributed by atoms with Crippen molar-refractivity contribution in [3.63, 3.8) is 0 Å². The molecule has 36 heavy (non-hydrogen) atoms. The van der Waals surface area contributed by atoms with Crippen LogP contribution in [-0.4, -0.2) is 5.52 Å². The molecule has 0 N–H and O–H groups in total. The molecule has 3 nitrogen and oxygen atoms in total. The third-order valence-corrected chi connectivity index (χ3v) is 11.3. The van der Waals surface area contributed by atoms with Gasteiger partial charge < -0.3 is 4.57 Å². The highest BCUT2D eigenvalue weighted by Crippen LogP contribution is 2.52. The molecule has 4 aromatic carbocycles. The molecule has 5 aromatic rings. The van der Waals surface area contributed by atoms with Crippen LogP contribution in [0, 0.1) is 20.8 Å². The van der Waals surface area contributed by atoms with Crippen LogP contribution >= 0.6 is 41.7 Å². The van der Waals surface area contributed by atoms with Crippen molar-refractivity contribution in [3.05, 3.63) is 115 Å². The summed E-state index contributed by atoms with van der Waals surface area (Å²) in [5.74, 6) is 0. The average Bonchev–Trinajstić information content (AvgIpc) is 2.84. The summed E-state index contributed by atoms with van der Waals surface area (Å²) in [5.41, 5.74) is 1.93. The van der Waals surface area contributed by atoms with Gasteiger partial charge in [0.05, 0.1) is 25.4 Å². The molecule has 0 saturated heterocycles. The van der Waals surface area contributed by atoms with Crippen molar-refractivity contribution >= 4 is 78.0 Å². The number of rotatable bonds is 4. The Bertz CT molecular complexity index is 1790. The van der Waals surface area contributed by atoms with Crippen molar-refractivity contribution in [2.24, 2.45) is 0 Å². The number of carbonyl (C=O) groups is 1. The second-order valence-corrected chi connectivity index (χ2v) is 13.3. The van der Waals surface area contributed by atoms with Crippen molar-refractivity contribution in [1.29, 1.82) is 0 Å². The second kappa shape index (κ2) is 9.28. The zero-order valence-electron chi connectivity index (χ0n) is 19.8. The van der Waals surface area contributed by atoms with Crippen LogP contribution in [0.5, 0.6) is 0 Å². The minimum Gasteiger partial charge on any atom is -0.305 e. The van der Waals surface area contributed by atoms with Gasteiger partial charge in [0.2, 0.25) is 12.7 Å². The molecule has 0 amide bonds. The smallest absolute Gasteiger partial charge is 0.230 e. The van der Waals surface area contributed by atoms with E-state index in [1.807, 2.05) is 45.0 Å². The summed E-state index contributed by atoms with van der Waals surface area (Å²) in [5, 5.41) is 1.28. The number of aryl methyl sites for hydroxylation is 3. The number of hydrogen-bond acceptors (Lipinski definition) is 4. The molecule has 0 aliphatic heterocycles. The summed E-state index contributed by atoms with van der Waals surface area (Å²) in [7, 11) is -4.14. The number of halogens is 2. The first-order chi connectivity index (χ1) is 17.1. The molecular weight excluding hydrogens is 530 g/mol. The van der Waals surface area contributed by atoms with E-state index in [1.54, 1.807) is 42.5 Å². The van der Waals surface area contributed by atoms with Crippen molar-refractivity contribution < 1.29 is 9.36 Å². The molecular formula is C29H21Cl2O3PS. The molecule has 1 atom stereocenters. The number of hydrogen-bond donors (Lipinski definition) is 0. The summed E-state index contributed by atoms with van der Waals surface area (Å²) < 4.78 is 16.5. The predicted octanol–water partition coefficient (Wildman–Crippen LogP) is 7.80. The lowest BCUT2D eigenvalue weighted by atomic mass is 10.0. The van der Waals surface area contributed by atoms with Gasteiger partial charge in [0.1, 0.15) is 0 Å². The lowest BCUT2D eigenvalue weighted by Crippen LogP contribution is -2.27. The van der Waals surface area contributed by atoms with Crippen LogP contribution in [0.15, 0.2) is 77.6 Å². The van der Waals surface area contributed by atoms with Crippen LogP contribution in [0.1, 0.15) is 27.0 Å². The minimum absolute atomic E-state index is 0.0371. The van der Waals surface area contributed by atoms with Gasteiger partial charge in [-0.1, -0.05) is 83.4 Å². The summed E-state index contributed by atoms with van der Waals surface area (Å²) in [6.07, 6.45) is 0. The SMILES string of the molecule is Cc1cc(C)c(C(=O)P(=O)(c2ccccc2)c2c(Cl)cc(Cl)c3sc4ccccc4c(=O)c23)c(C)c1. The van der Waals surface area contributed by atoms with Crippen molar-refractivity contribution in [3.8, 4) is 0 Å². The molecule has 0 bridgehead atoms. The van der Waals surface area contributed by atoms with Crippen LogP contribution in [0.4, 0.5) is 0 Å². The zero-order chi connectivity index (χ0) is 25.8. The number of carbonyl (C=O) groups excluding carboxylic acids is 1. The summed E-state index contributed by atoms with van der Waals surface area (Å²) in [4.78, 5) is 28.3.